The number of benzene rings is 3. The minimum Gasteiger partial charge on any atom is -0.267 e. The van der Waals surface area contributed by atoms with Gasteiger partial charge in [-0.25, -0.2) is 5.43 Å². The van der Waals surface area contributed by atoms with Crippen LogP contribution in [0.25, 0.3) is 0 Å². The first kappa shape index (κ1) is 18.3. The van der Waals surface area contributed by atoms with Crippen LogP contribution in [-0.4, -0.2) is 12.1 Å². The number of hydrazone groups is 1. The maximum atomic E-state index is 12.5. The van der Waals surface area contributed by atoms with Crippen molar-refractivity contribution in [2.24, 2.45) is 22.9 Å². The quantitative estimate of drug-likeness (QED) is 0.358. The zero-order valence-electron chi connectivity index (χ0n) is 17.2. The number of nitrogens with one attached hydrogen (secondary N) is 1. The molecule has 2 bridgehead atoms. The average molecular weight is 405 g/mol. The number of fused-ring (bicyclic) bond motifs is 5. The maximum absolute atomic E-state index is 12.5. The summed E-state index contributed by atoms with van der Waals surface area (Å²) in [4.78, 5) is 12.5. The summed E-state index contributed by atoms with van der Waals surface area (Å²) in [5.41, 5.74) is 6.12. The molecule has 4 atom stereocenters. The topological polar surface area (TPSA) is 41.5 Å². The Morgan fingerprint density at radius 2 is 1.26 bits per heavy atom. The monoisotopic (exact) mass is 404 g/mol. The lowest BCUT2D eigenvalue weighted by atomic mass is 9.75. The Hall–Kier alpha value is -3.46. The van der Waals surface area contributed by atoms with Gasteiger partial charge in [0.15, 0.2) is 0 Å². The number of nitrogens with zero attached hydrogens (tertiary/aromatic N) is 1. The van der Waals surface area contributed by atoms with Crippen LogP contribution in [0.5, 0.6) is 0 Å². The minimum absolute atomic E-state index is 0.00396. The molecule has 2 saturated carbocycles. The van der Waals surface area contributed by atoms with Crippen molar-refractivity contribution in [2.45, 2.75) is 17.3 Å². The fourth-order valence-electron chi connectivity index (χ4n) is 6.75. The Morgan fingerprint density at radius 3 is 1.77 bits per heavy atom. The molecular weight excluding hydrogens is 380 g/mol. The van der Waals surface area contributed by atoms with Gasteiger partial charge in [0.25, 0.3) is 5.91 Å². The number of rotatable bonds is 5. The molecule has 0 radical (unpaired) electrons. The third-order valence-corrected chi connectivity index (χ3v) is 7.76. The van der Waals surface area contributed by atoms with E-state index < -0.39 is 0 Å². The van der Waals surface area contributed by atoms with Crippen molar-refractivity contribution < 1.29 is 4.79 Å². The molecule has 2 fully saturated rings. The predicted octanol–water partition coefficient (Wildman–Crippen LogP) is 5.11. The molecule has 31 heavy (non-hydrogen) atoms. The number of carbonyl (C=O) groups is 1. The molecule has 3 aliphatic rings. The molecule has 0 aromatic heterocycles. The highest BCUT2D eigenvalue weighted by atomic mass is 16.2. The van der Waals surface area contributed by atoms with Crippen molar-refractivity contribution in [2.75, 3.05) is 0 Å². The summed E-state index contributed by atoms with van der Waals surface area (Å²) >= 11 is 0. The highest BCUT2D eigenvalue weighted by molar-refractivity contribution is 5.94. The van der Waals surface area contributed by atoms with Gasteiger partial charge >= 0.3 is 0 Å². The van der Waals surface area contributed by atoms with Crippen LogP contribution >= 0.6 is 0 Å². The van der Waals surface area contributed by atoms with Crippen LogP contribution in [0.15, 0.2) is 108 Å². The minimum atomic E-state index is -0.175. The molecule has 3 nitrogen and oxygen atoms in total. The molecular formula is C28H24N2O. The predicted molar refractivity (Wildman–Crippen MR) is 123 cm³/mol. The van der Waals surface area contributed by atoms with Gasteiger partial charge in [0.1, 0.15) is 0 Å². The van der Waals surface area contributed by atoms with Crippen LogP contribution in [0.2, 0.25) is 0 Å². The fourth-order valence-corrected chi connectivity index (χ4v) is 6.75. The lowest BCUT2D eigenvalue weighted by Gasteiger charge is -2.27. The Kier molecular flexibility index (Phi) is 4.01. The highest BCUT2D eigenvalue weighted by Crippen LogP contribution is 2.83. The molecule has 0 heterocycles. The van der Waals surface area contributed by atoms with Crippen molar-refractivity contribution in [1.82, 2.24) is 5.43 Å². The molecule has 0 saturated heterocycles. The second-order valence-electron chi connectivity index (χ2n) is 8.87. The first-order valence-electron chi connectivity index (χ1n) is 11.0. The Morgan fingerprint density at radius 1 is 0.774 bits per heavy atom. The molecule has 1 amide bonds. The normalized spacial score (nSPS) is 32.2. The third kappa shape index (κ3) is 2.35. The van der Waals surface area contributed by atoms with Crippen molar-refractivity contribution >= 4 is 12.1 Å². The Labute approximate surface area is 182 Å². The molecule has 0 aliphatic heterocycles. The van der Waals surface area contributed by atoms with E-state index in [4.69, 9.17) is 0 Å². The van der Waals surface area contributed by atoms with Crippen LogP contribution < -0.4 is 5.43 Å². The van der Waals surface area contributed by atoms with E-state index in [1.807, 2.05) is 24.4 Å². The van der Waals surface area contributed by atoms with Gasteiger partial charge in [0.2, 0.25) is 0 Å². The molecule has 3 aromatic rings. The van der Waals surface area contributed by atoms with Crippen LogP contribution in [0.4, 0.5) is 0 Å². The molecule has 0 spiro atoms. The summed E-state index contributed by atoms with van der Waals surface area (Å²) in [5.74, 6) is 1.04. The highest BCUT2D eigenvalue weighted by Gasteiger charge is 2.85. The number of amides is 1. The second kappa shape index (κ2) is 6.78. The summed E-state index contributed by atoms with van der Waals surface area (Å²) in [6.45, 7) is 0. The van der Waals surface area contributed by atoms with E-state index in [0.29, 0.717) is 17.4 Å². The van der Waals surface area contributed by atoms with E-state index in [2.05, 4.69) is 83.3 Å². The number of allylic oxidation sites excluding steroid dienone is 2. The summed E-state index contributed by atoms with van der Waals surface area (Å²) in [5, 5.41) is 4.48. The van der Waals surface area contributed by atoms with Gasteiger partial charge in [0.05, 0.1) is 0 Å². The van der Waals surface area contributed by atoms with Crippen LogP contribution in [0.1, 0.15) is 27.9 Å². The average Bonchev–Trinajstić information content (AvgIpc) is 3.09. The van der Waals surface area contributed by atoms with Crippen molar-refractivity contribution in [1.29, 1.82) is 0 Å². The van der Waals surface area contributed by atoms with Crippen molar-refractivity contribution in [3.63, 3.8) is 0 Å². The summed E-state index contributed by atoms with van der Waals surface area (Å²) < 4.78 is 0. The third-order valence-electron chi connectivity index (χ3n) is 7.76. The number of carbonyl (C=O) groups excluding carboxylic acids is 1. The first-order valence-corrected chi connectivity index (χ1v) is 11.0. The van der Waals surface area contributed by atoms with Crippen LogP contribution in [0.3, 0.4) is 0 Å². The molecule has 3 aliphatic carbocycles. The van der Waals surface area contributed by atoms with E-state index in [-0.39, 0.29) is 22.7 Å². The molecule has 152 valence electrons. The van der Waals surface area contributed by atoms with E-state index >= 15 is 0 Å². The SMILES string of the molecule is O=C(N/N=C\C1C2(c3ccccc3)C3C=CC(C3)C12c1ccccc1)c1ccccc1. The molecule has 1 N–H and O–H groups in total. The zero-order valence-corrected chi connectivity index (χ0v) is 17.2. The standard InChI is InChI=1S/C28H24N2O/c31-26(20-10-4-1-5-11-20)30-29-19-25-27(21-12-6-2-7-13-21)23-16-17-24(18-23)28(25,27)22-14-8-3-9-15-22/h1-17,19,23-25H,18H2,(H,30,31)/b29-19-. The second-order valence-corrected chi connectivity index (χ2v) is 8.87. The van der Waals surface area contributed by atoms with Gasteiger partial charge in [-0.2, -0.15) is 5.10 Å². The molecule has 3 aromatic carbocycles. The molecule has 6 rings (SSSR count). The van der Waals surface area contributed by atoms with Crippen molar-refractivity contribution in [3.8, 4) is 0 Å². The van der Waals surface area contributed by atoms with Crippen LogP contribution in [-0.2, 0) is 10.8 Å². The van der Waals surface area contributed by atoms with Gasteiger partial charge in [-0.3, -0.25) is 4.79 Å². The summed E-state index contributed by atoms with van der Waals surface area (Å²) in [7, 11) is 0. The Bertz CT molecular complexity index is 1110. The largest absolute Gasteiger partial charge is 0.271 e. The number of hydrogen-bond donors (Lipinski definition) is 1. The summed E-state index contributed by atoms with van der Waals surface area (Å²) in [6.07, 6.45) is 8.02. The van der Waals surface area contributed by atoms with Crippen LogP contribution in [0, 0.1) is 17.8 Å². The van der Waals surface area contributed by atoms with E-state index in [9.17, 15) is 4.79 Å². The van der Waals surface area contributed by atoms with E-state index in [1.54, 1.807) is 12.1 Å². The molecule has 3 heteroatoms. The van der Waals surface area contributed by atoms with Gasteiger partial charge in [-0.15, -0.1) is 0 Å². The Balaban J connectivity index is 1.40. The van der Waals surface area contributed by atoms with Gasteiger partial charge < -0.3 is 0 Å². The number of hydrogen-bond acceptors (Lipinski definition) is 2. The first-order chi connectivity index (χ1) is 15.3. The van der Waals surface area contributed by atoms with Crippen molar-refractivity contribution in [3.05, 3.63) is 120 Å². The molecule has 4 unspecified atom stereocenters. The van der Waals surface area contributed by atoms with Gasteiger partial charge in [-0.05, 0) is 41.5 Å². The fraction of sp³-hybridized carbons (Fsp3) is 0.214. The maximum Gasteiger partial charge on any atom is 0.271 e. The van der Waals surface area contributed by atoms with E-state index in [0.717, 1.165) is 0 Å². The van der Waals surface area contributed by atoms with Gasteiger partial charge in [-0.1, -0.05) is 91.0 Å². The smallest absolute Gasteiger partial charge is 0.267 e. The zero-order chi connectivity index (χ0) is 20.9. The summed E-state index contributed by atoms with van der Waals surface area (Å²) in [6, 6.07) is 31.0. The van der Waals surface area contributed by atoms with Gasteiger partial charge in [0, 0.05) is 28.5 Å². The lowest BCUT2D eigenvalue weighted by molar-refractivity contribution is 0.0955. The van der Waals surface area contributed by atoms with E-state index in [1.165, 1.54) is 17.5 Å². The lowest BCUT2D eigenvalue weighted by Crippen LogP contribution is -2.26.